The molecule has 0 N–H and O–H groups in total. The normalized spacial score (nSPS) is 15.8. The number of hydrogen-bond donors (Lipinski definition) is 0. The molecule has 31 heavy (non-hydrogen) atoms. The van der Waals surface area contributed by atoms with E-state index in [1.807, 2.05) is 18.2 Å². The number of benzene rings is 1. The first kappa shape index (κ1) is 21.3. The Bertz CT molecular complexity index is 1140. The molecule has 0 bridgehead atoms. The van der Waals surface area contributed by atoms with Gasteiger partial charge >= 0.3 is 6.18 Å². The van der Waals surface area contributed by atoms with Gasteiger partial charge in [0.1, 0.15) is 15.8 Å². The lowest BCUT2D eigenvalue weighted by Gasteiger charge is -2.13. The van der Waals surface area contributed by atoms with Crippen molar-refractivity contribution in [2.24, 2.45) is 0 Å². The van der Waals surface area contributed by atoms with Crippen molar-refractivity contribution in [3.8, 4) is 11.3 Å². The van der Waals surface area contributed by atoms with Crippen molar-refractivity contribution in [2.45, 2.75) is 12.6 Å². The molecule has 0 radical (unpaired) electrons. The summed E-state index contributed by atoms with van der Waals surface area (Å²) in [6.45, 7) is 0.425. The van der Waals surface area contributed by atoms with Gasteiger partial charge in [-0.05, 0) is 36.4 Å². The fraction of sp³-hybridized carbons (Fsp3) is 0.136. The fourth-order valence-corrected chi connectivity index (χ4v) is 4.29. The first-order chi connectivity index (χ1) is 14.8. The van der Waals surface area contributed by atoms with Crippen molar-refractivity contribution in [3.05, 3.63) is 82.7 Å². The van der Waals surface area contributed by atoms with Crippen LogP contribution in [0.4, 0.5) is 13.2 Å². The van der Waals surface area contributed by atoms with Crippen LogP contribution in [-0.2, 0) is 17.4 Å². The third-order valence-electron chi connectivity index (χ3n) is 4.59. The number of carbonyl (C=O) groups excluding carboxylic acids is 1. The van der Waals surface area contributed by atoms with Gasteiger partial charge in [-0.1, -0.05) is 42.2 Å². The molecule has 4 nitrogen and oxygen atoms in total. The van der Waals surface area contributed by atoms with Crippen molar-refractivity contribution in [1.82, 2.24) is 9.88 Å². The molecule has 2 aromatic heterocycles. The monoisotopic (exact) mass is 460 g/mol. The quantitative estimate of drug-likeness (QED) is 0.356. The van der Waals surface area contributed by atoms with Gasteiger partial charge in [0.05, 0.1) is 10.5 Å². The summed E-state index contributed by atoms with van der Waals surface area (Å²) in [5, 5.41) is 0. The van der Waals surface area contributed by atoms with E-state index in [4.69, 9.17) is 16.6 Å². The Morgan fingerprint density at radius 2 is 1.87 bits per heavy atom. The second kappa shape index (κ2) is 8.68. The molecule has 9 heteroatoms. The molecule has 0 aliphatic carbocycles. The van der Waals surface area contributed by atoms with Gasteiger partial charge in [0.15, 0.2) is 0 Å². The van der Waals surface area contributed by atoms with Crippen LogP contribution >= 0.6 is 24.0 Å². The summed E-state index contributed by atoms with van der Waals surface area (Å²) >= 11 is 6.52. The Morgan fingerprint density at radius 3 is 2.55 bits per heavy atom. The van der Waals surface area contributed by atoms with Crippen LogP contribution in [0.5, 0.6) is 0 Å². The van der Waals surface area contributed by atoms with Gasteiger partial charge in [-0.25, -0.2) is 0 Å². The average molecular weight is 461 g/mol. The Labute approximate surface area is 185 Å². The van der Waals surface area contributed by atoms with Crippen LogP contribution in [0.15, 0.2) is 70.1 Å². The summed E-state index contributed by atoms with van der Waals surface area (Å²) in [4.78, 5) is 18.9. The summed E-state index contributed by atoms with van der Waals surface area (Å²) in [5.41, 5.74) is 0.653. The molecule has 0 atom stereocenters. The van der Waals surface area contributed by atoms with Gasteiger partial charge in [-0.2, -0.15) is 13.2 Å². The van der Waals surface area contributed by atoms with Gasteiger partial charge in [-0.3, -0.25) is 14.7 Å². The maximum atomic E-state index is 12.7. The third-order valence-corrected chi connectivity index (χ3v) is 5.97. The Hall–Kier alpha value is -2.91. The average Bonchev–Trinajstić information content (AvgIpc) is 3.32. The molecular weight excluding hydrogens is 445 g/mol. The molecule has 1 amide bonds. The zero-order valence-electron chi connectivity index (χ0n) is 15.9. The van der Waals surface area contributed by atoms with E-state index < -0.39 is 11.7 Å². The minimum absolute atomic E-state index is 0.210. The van der Waals surface area contributed by atoms with E-state index in [2.05, 4.69) is 4.98 Å². The molecule has 4 rings (SSSR count). The van der Waals surface area contributed by atoms with Crippen LogP contribution in [-0.4, -0.2) is 26.7 Å². The van der Waals surface area contributed by atoms with Crippen molar-refractivity contribution in [2.75, 3.05) is 6.54 Å². The van der Waals surface area contributed by atoms with Gasteiger partial charge in [-0.15, -0.1) is 0 Å². The van der Waals surface area contributed by atoms with E-state index in [9.17, 15) is 18.0 Å². The molecule has 1 saturated heterocycles. The highest BCUT2D eigenvalue weighted by molar-refractivity contribution is 8.26. The standard InChI is InChI=1S/C22H15F3N2O2S2/c23-22(24,25)15-6-4-14(5-7-15)18-9-8-17(29-18)13-19-20(28)27(21(30)31-19)12-10-16-3-1-2-11-26-16/h1-9,11,13H,10,12H2/b19-13-. The topological polar surface area (TPSA) is 46.3 Å². The predicted octanol–water partition coefficient (Wildman–Crippen LogP) is 5.80. The smallest absolute Gasteiger partial charge is 0.416 e. The predicted molar refractivity (Wildman–Crippen MR) is 117 cm³/mol. The minimum Gasteiger partial charge on any atom is -0.457 e. The van der Waals surface area contributed by atoms with E-state index in [1.165, 1.54) is 28.8 Å². The number of furan rings is 1. The highest BCUT2D eigenvalue weighted by Crippen LogP contribution is 2.34. The Kier molecular flexibility index (Phi) is 5.97. The molecule has 0 unspecified atom stereocenters. The van der Waals surface area contributed by atoms with E-state index >= 15 is 0 Å². The first-order valence-electron chi connectivity index (χ1n) is 9.24. The van der Waals surface area contributed by atoms with Crippen LogP contribution < -0.4 is 0 Å². The fourth-order valence-electron chi connectivity index (χ4n) is 3.00. The second-order valence-corrected chi connectivity index (χ2v) is 8.36. The van der Waals surface area contributed by atoms with Crippen molar-refractivity contribution in [1.29, 1.82) is 0 Å². The number of nitrogens with zero attached hydrogens (tertiary/aromatic N) is 2. The lowest BCUT2D eigenvalue weighted by atomic mass is 10.1. The van der Waals surface area contributed by atoms with Crippen molar-refractivity contribution < 1.29 is 22.4 Å². The molecule has 3 aromatic rings. The number of hydrogen-bond acceptors (Lipinski definition) is 5. The molecule has 158 valence electrons. The van der Waals surface area contributed by atoms with Crippen LogP contribution in [0.2, 0.25) is 0 Å². The maximum Gasteiger partial charge on any atom is 0.416 e. The van der Waals surface area contributed by atoms with Gasteiger partial charge < -0.3 is 4.42 Å². The summed E-state index contributed by atoms with van der Waals surface area (Å²) in [7, 11) is 0. The van der Waals surface area contributed by atoms with Crippen LogP contribution in [0, 0.1) is 0 Å². The number of alkyl halides is 3. The molecule has 0 saturated carbocycles. The number of pyridine rings is 1. The summed E-state index contributed by atoms with van der Waals surface area (Å²) in [6.07, 6.45) is -0.518. The molecule has 1 aliphatic rings. The van der Waals surface area contributed by atoms with E-state index in [0.717, 1.165) is 17.8 Å². The number of aromatic nitrogens is 1. The van der Waals surface area contributed by atoms with Gasteiger partial charge in [0.2, 0.25) is 0 Å². The van der Waals surface area contributed by atoms with E-state index in [1.54, 1.807) is 24.4 Å². The van der Waals surface area contributed by atoms with Crippen LogP contribution in [0.25, 0.3) is 17.4 Å². The highest BCUT2D eigenvalue weighted by Gasteiger charge is 2.32. The van der Waals surface area contributed by atoms with E-state index in [-0.39, 0.29) is 5.91 Å². The Morgan fingerprint density at radius 1 is 1.10 bits per heavy atom. The zero-order valence-corrected chi connectivity index (χ0v) is 17.6. The van der Waals surface area contributed by atoms with Gasteiger partial charge in [0.25, 0.3) is 5.91 Å². The number of halogens is 3. The van der Waals surface area contributed by atoms with Crippen LogP contribution in [0.1, 0.15) is 17.0 Å². The number of carbonyl (C=O) groups is 1. The molecule has 0 spiro atoms. The number of amides is 1. The largest absolute Gasteiger partial charge is 0.457 e. The zero-order chi connectivity index (χ0) is 22.0. The number of thiocarbonyl (C=S) groups is 1. The lowest BCUT2D eigenvalue weighted by Crippen LogP contribution is -2.30. The first-order valence-corrected chi connectivity index (χ1v) is 10.5. The SMILES string of the molecule is O=C1/C(=C/c2ccc(-c3ccc(C(F)(F)F)cc3)o2)SC(=S)N1CCc1ccccn1. The molecule has 1 aliphatic heterocycles. The Balaban J connectivity index is 1.46. The minimum atomic E-state index is -4.39. The van der Waals surface area contributed by atoms with E-state index in [0.29, 0.717) is 39.3 Å². The summed E-state index contributed by atoms with van der Waals surface area (Å²) < 4.78 is 44.3. The summed E-state index contributed by atoms with van der Waals surface area (Å²) in [6, 6.07) is 13.6. The van der Waals surface area contributed by atoms with Gasteiger partial charge in [0, 0.05) is 36.5 Å². The molecule has 3 heterocycles. The van der Waals surface area contributed by atoms with Crippen molar-refractivity contribution in [3.63, 3.8) is 0 Å². The number of rotatable bonds is 5. The number of thioether (sulfide) groups is 1. The van der Waals surface area contributed by atoms with Crippen LogP contribution in [0.3, 0.4) is 0 Å². The lowest BCUT2D eigenvalue weighted by molar-refractivity contribution is -0.137. The molecular formula is C22H15F3N2O2S2. The molecule has 1 fully saturated rings. The third kappa shape index (κ3) is 4.88. The highest BCUT2D eigenvalue weighted by atomic mass is 32.2. The second-order valence-electron chi connectivity index (χ2n) is 6.68. The van der Waals surface area contributed by atoms with Crippen molar-refractivity contribution >= 4 is 40.3 Å². The summed E-state index contributed by atoms with van der Waals surface area (Å²) in [5.74, 6) is 0.615. The molecule has 1 aromatic carbocycles. The maximum absolute atomic E-state index is 12.7.